The van der Waals surface area contributed by atoms with Gasteiger partial charge < -0.3 is 0 Å². The van der Waals surface area contributed by atoms with Crippen LogP contribution < -0.4 is 5.19 Å². The van der Waals surface area contributed by atoms with Crippen LogP contribution in [0.2, 0.25) is 0 Å². The van der Waals surface area contributed by atoms with Crippen LogP contribution >= 0.6 is 0 Å². The topological polar surface area (TPSA) is 0 Å². The molecule has 0 saturated heterocycles. The summed E-state index contributed by atoms with van der Waals surface area (Å²) in [6, 6.07) is 4.78. The highest BCUT2D eigenvalue weighted by molar-refractivity contribution is 6.32. The smallest absolute Gasteiger partial charge is 0.166 e. The van der Waals surface area contributed by atoms with Crippen LogP contribution in [0.4, 0.5) is 13.2 Å². The average Bonchev–Trinajstić information content (AvgIpc) is 1.86. The summed E-state index contributed by atoms with van der Waals surface area (Å²) in [4.78, 5) is 0. The second kappa shape index (κ2) is 2.69. The number of alkyl halides is 3. The minimum atomic E-state index is -4.24. The van der Waals surface area contributed by atoms with Gasteiger partial charge in [0, 0.05) is 0 Å². The molecule has 0 N–H and O–H groups in total. The minimum absolute atomic E-state index is 0.625. The maximum absolute atomic E-state index is 11.9. The van der Waals surface area contributed by atoms with Crippen LogP contribution in [0, 0.1) is 0 Å². The third-order valence-electron chi connectivity index (χ3n) is 1.21. The van der Waals surface area contributed by atoms with E-state index in [9.17, 15) is 13.2 Å². The number of benzene rings is 1. The molecule has 11 heavy (non-hydrogen) atoms. The molecule has 0 spiro atoms. The lowest BCUT2D eigenvalue weighted by Gasteiger charge is -2.05. The quantitative estimate of drug-likeness (QED) is 0.521. The van der Waals surface area contributed by atoms with E-state index in [4.69, 9.17) is 0 Å². The van der Waals surface area contributed by atoms with Gasteiger partial charge in [0.1, 0.15) is 0 Å². The Morgan fingerprint density at radius 1 is 1.00 bits per heavy atom. The average molecular weight is 173 g/mol. The molecule has 0 aromatic heterocycles. The van der Waals surface area contributed by atoms with Crippen LogP contribution in [-0.2, 0) is 6.18 Å². The van der Waals surface area contributed by atoms with E-state index in [1.807, 2.05) is 0 Å². The maximum Gasteiger partial charge on any atom is 0.416 e. The highest BCUT2D eigenvalue weighted by atomic mass is 28.1. The van der Waals surface area contributed by atoms with Gasteiger partial charge in [0.2, 0.25) is 0 Å². The van der Waals surface area contributed by atoms with Crippen molar-refractivity contribution in [2.45, 2.75) is 6.18 Å². The van der Waals surface area contributed by atoms with Crippen LogP contribution in [0.25, 0.3) is 0 Å². The zero-order valence-corrected chi connectivity index (χ0v) is 6.44. The van der Waals surface area contributed by atoms with Gasteiger partial charge in [0.25, 0.3) is 0 Å². The lowest BCUT2D eigenvalue weighted by Crippen LogP contribution is -2.08. The molecular weight excluding hydrogens is 169 g/mol. The van der Waals surface area contributed by atoms with Gasteiger partial charge in [0.15, 0.2) is 0 Å². The lowest BCUT2D eigenvalue weighted by atomic mass is 10.2. The van der Waals surface area contributed by atoms with Gasteiger partial charge >= 0.3 is 6.18 Å². The first kappa shape index (κ1) is 8.32. The molecule has 1 aromatic carbocycles. The van der Waals surface area contributed by atoms with Crippen molar-refractivity contribution < 1.29 is 13.2 Å². The summed E-state index contributed by atoms with van der Waals surface area (Å²) in [6.07, 6.45) is -4.24. The van der Waals surface area contributed by atoms with Gasteiger partial charge in [-0.2, -0.15) is 13.2 Å². The Kier molecular flexibility index (Phi) is 2.04. The predicted octanol–water partition coefficient (Wildman–Crippen LogP) is 1.50. The van der Waals surface area contributed by atoms with E-state index in [2.05, 4.69) is 10.2 Å². The summed E-state index contributed by atoms with van der Waals surface area (Å²) >= 11 is 0. The Morgan fingerprint density at radius 3 is 1.82 bits per heavy atom. The third-order valence-corrected chi connectivity index (χ3v) is 1.55. The fourth-order valence-corrected chi connectivity index (χ4v) is 0.826. The molecule has 1 rings (SSSR count). The Bertz CT molecular complexity index is 237. The molecule has 0 aliphatic heterocycles. The minimum Gasteiger partial charge on any atom is -0.166 e. The van der Waals surface area contributed by atoms with E-state index in [0.29, 0.717) is 5.19 Å². The zero-order valence-electron chi connectivity index (χ0n) is 5.44. The summed E-state index contributed by atoms with van der Waals surface area (Å²) in [7, 11) is 3.09. The molecule has 3 radical (unpaired) electrons. The largest absolute Gasteiger partial charge is 0.416 e. The molecular formula is C7H4F3Si. The fourth-order valence-electron chi connectivity index (χ4n) is 0.659. The van der Waals surface area contributed by atoms with E-state index in [0.717, 1.165) is 12.1 Å². The van der Waals surface area contributed by atoms with Gasteiger partial charge in [-0.3, -0.25) is 0 Å². The highest BCUT2D eigenvalue weighted by Crippen LogP contribution is 2.27. The van der Waals surface area contributed by atoms with Gasteiger partial charge in [-0.05, 0) is 0 Å². The molecule has 0 unspecified atom stereocenters. The molecule has 0 fully saturated rings. The fraction of sp³-hybridized carbons (Fsp3) is 0.143. The van der Waals surface area contributed by atoms with Gasteiger partial charge in [-0.1, -0.05) is 29.5 Å². The van der Waals surface area contributed by atoms with Crippen LogP contribution in [0.5, 0.6) is 0 Å². The molecule has 1 aromatic rings. The van der Waals surface area contributed by atoms with Crippen LogP contribution in [0.1, 0.15) is 5.56 Å². The molecule has 0 saturated carbocycles. The molecule has 0 nitrogen and oxygen atoms in total. The zero-order chi connectivity index (χ0) is 8.48. The monoisotopic (exact) mass is 173 g/mol. The summed E-state index contributed by atoms with van der Waals surface area (Å²) in [6.45, 7) is 0. The van der Waals surface area contributed by atoms with E-state index in [1.54, 1.807) is 0 Å². The summed E-state index contributed by atoms with van der Waals surface area (Å²) in [5, 5.41) is 0.637. The van der Waals surface area contributed by atoms with Crippen molar-refractivity contribution in [2.75, 3.05) is 0 Å². The van der Waals surface area contributed by atoms with E-state index < -0.39 is 11.7 Å². The molecule has 0 amide bonds. The maximum atomic E-state index is 11.9. The number of halogens is 3. The summed E-state index contributed by atoms with van der Waals surface area (Å²) < 4.78 is 35.7. The first-order valence-electron chi connectivity index (χ1n) is 2.89. The Morgan fingerprint density at radius 2 is 1.45 bits per heavy atom. The van der Waals surface area contributed by atoms with Crippen molar-refractivity contribution in [2.24, 2.45) is 0 Å². The van der Waals surface area contributed by atoms with Gasteiger partial charge in [-0.15, -0.1) is 0 Å². The van der Waals surface area contributed by atoms with Crippen molar-refractivity contribution in [3.63, 3.8) is 0 Å². The first-order valence-corrected chi connectivity index (χ1v) is 3.39. The second-order valence-corrected chi connectivity index (χ2v) is 2.65. The van der Waals surface area contributed by atoms with Crippen LogP contribution in [-0.4, -0.2) is 10.2 Å². The Labute approximate surface area is 65.5 Å². The Balaban J connectivity index is 2.99. The summed E-state index contributed by atoms with van der Waals surface area (Å²) in [5.41, 5.74) is -0.625. The highest BCUT2D eigenvalue weighted by Gasteiger charge is 2.29. The second-order valence-electron chi connectivity index (χ2n) is 2.08. The van der Waals surface area contributed by atoms with Crippen LogP contribution in [0.3, 0.4) is 0 Å². The molecule has 0 bridgehead atoms. The molecule has 0 atom stereocenters. The number of rotatable bonds is 0. The van der Waals surface area contributed by atoms with E-state index in [1.165, 1.54) is 12.1 Å². The SMILES string of the molecule is FC(F)(F)c1ccc([Si])cc1. The van der Waals surface area contributed by atoms with Crippen molar-refractivity contribution in [1.82, 2.24) is 0 Å². The van der Waals surface area contributed by atoms with Crippen molar-refractivity contribution in [1.29, 1.82) is 0 Å². The molecule has 0 heterocycles. The standard InChI is InChI=1S/C7H4F3Si/c8-7(9,10)5-1-3-6(11)4-2-5/h1-4H. The molecule has 0 aliphatic rings. The Hall–Kier alpha value is -0.773. The van der Waals surface area contributed by atoms with Crippen molar-refractivity contribution in [3.05, 3.63) is 29.8 Å². The van der Waals surface area contributed by atoms with Crippen molar-refractivity contribution in [3.8, 4) is 0 Å². The van der Waals surface area contributed by atoms with Gasteiger partial charge in [0.05, 0.1) is 15.8 Å². The van der Waals surface area contributed by atoms with E-state index in [-0.39, 0.29) is 0 Å². The summed E-state index contributed by atoms with van der Waals surface area (Å²) in [5.74, 6) is 0. The molecule has 4 heteroatoms. The first-order chi connectivity index (χ1) is 5.00. The van der Waals surface area contributed by atoms with Crippen molar-refractivity contribution >= 4 is 15.4 Å². The van der Waals surface area contributed by atoms with Crippen LogP contribution in [0.15, 0.2) is 24.3 Å². The number of hydrogen-bond acceptors (Lipinski definition) is 0. The third kappa shape index (κ3) is 2.08. The lowest BCUT2D eigenvalue weighted by molar-refractivity contribution is -0.137. The molecule has 57 valence electrons. The van der Waals surface area contributed by atoms with Gasteiger partial charge in [-0.25, -0.2) is 0 Å². The van der Waals surface area contributed by atoms with E-state index >= 15 is 0 Å². The normalized spacial score (nSPS) is 11.6. The molecule has 0 aliphatic carbocycles. The number of hydrogen-bond donors (Lipinski definition) is 0. The predicted molar refractivity (Wildman–Crippen MR) is 36.8 cm³/mol.